The zero-order valence-electron chi connectivity index (χ0n) is 18.4. The van der Waals surface area contributed by atoms with Crippen LogP contribution < -0.4 is 15.8 Å². The SMILES string of the molecule is COc1c(C)cnc(Cn2nc3c4c(nc(N)nc42)SC(C(=O)Nc2ccccn2)C3)c1C. The van der Waals surface area contributed by atoms with E-state index in [9.17, 15) is 4.79 Å². The number of thioether (sulfide) groups is 1. The van der Waals surface area contributed by atoms with Crippen molar-refractivity contribution in [1.82, 2.24) is 29.7 Å². The molecule has 0 aliphatic carbocycles. The van der Waals surface area contributed by atoms with Gasteiger partial charge >= 0.3 is 0 Å². The molecular formula is C22H22N8O2S. The Labute approximate surface area is 194 Å². The number of nitrogens with two attached hydrogens (primary N) is 1. The summed E-state index contributed by atoms with van der Waals surface area (Å²) in [7, 11) is 1.65. The van der Waals surface area contributed by atoms with E-state index in [1.54, 1.807) is 36.3 Å². The molecule has 1 aliphatic heterocycles. The van der Waals surface area contributed by atoms with Crippen molar-refractivity contribution in [3.63, 3.8) is 0 Å². The van der Waals surface area contributed by atoms with E-state index >= 15 is 0 Å². The lowest BCUT2D eigenvalue weighted by Crippen LogP contribution is -2.29. The summed E-state index contributed by atoms with van der Waals surface area (Å²) in [6.45, 7) is 4.33. The van der Waals surface area contributed by atoms with Crippen molar-refractivity contribution >= 4 is 40.5 Å². The van der Waals surface area contributed by atoms with Crippen LogP contribution in [0.5, 0.6) is 5.75 Å². The molecule has 33 heavy (non-hydrogen) atoms. The van der Waals surface area contributed by atoms with Crippen molar-refractivity contribution in [1.29, 1.82) is 0 Å². The van der Waals surface area contributed by atoms with Crippen LogP contribution in [0.25, 0.3) is 11.0 Å². The van der Waals surface area contributed by atoms with Crippen LogP contribution in [0.4, 0.5) is 11.8 Å². The predicted molar refractivity (Wildman–Crippen MR) is 125 cm³/mol. The fraction of sp³-hybridized carbons (Fsp3) is 0.273. The Bertz CT molecular complexity index is 1370. The molecule has 5 heterocycles. The topological polar surface area (TPSA) is 134 Å². The molecule has 1 amide bonds. The van der Waals surface area contributed by atoms with E-state index in [2.05, 4.69) is 25.3 Å². The molecule has 0 saturated heterocycles. The first-order valence-corrected chi connectivity index (χ1v) is 11.2. The zero-order chi connectivity index (χ0) is 23.1. The number of pyridine rings is 2. The molecule has 0 aromatic carbocycles. The van der Waals surface area contributed by atoms with E-state index in [1.165, 1.54) is 11.8 Å². The number of aromatic nitrogens is 6. The van der Waals surface area contributed by atoms with Gasteiger partial charge in [0.2, 0.25) is 11.9 Å². The number of anilines is 2. The minimum Gasteiger partial charge on any atom is -0.496 e. The number of amides is 1. The molecule has 3 N–H and O–H groups in total. The van der Waals surface area contributed by atoms with Crippen LogP contribution >= 0.6 is 11.8 Å². The van der Waals surface area contributed by atoms with E-state index in [0.717, 1.165) is 33.7 Å². The molecule has 1 atom stereocenters. The highest BCUT2D eigenvalue weighted by Gasteiger charge is 2.32. The number of hydrogen-bond acceptors (Lipinski definition) is 9. The van der Waals surface area contributed by atoms with Crippen LogP contribution in [0.3, 0.4) is 0 Å². The first-order valence-electron chi connectivity index (χ1n) is 10.3. The molecule has 11 heteroatoms. The van der Waals surface area contributed by atoms with Gasteiger partial charge in [-0.25, -0.2) is 14.6 Å². The molecule has 4 aromatic heterocycles. The van der Waals surface area contributed by atoms with Gasteiger partial charge in [-0.15, -0.1) is 0 Å². The molecule has 1 unspecified atom stereocenters. The number of methoxy groups -OCH3 is 1. The smallest absolute Gasteiger partial charge is 0.239 e. The van der Waals surface area contributed by atoms with Crippen molar-refractivity contribution in [2.75, 3.05) is 18.2 Å². The van der Waals surface area contributed by atoms with Crippen molar-refractivity contribution in [2.45, 2.75) is 37.1 Å². The quantitative estimate of drug-likeness (QED) is 0.429. The Kier molecular flexibility index (Phi) is 5.33. The fourth-order valence-corrected chi connectivity index (χ4v) is 5.13. The number of rotatable bonds is 5. The third-order valence-electron chi connectivity index (χ3n) is 5.54. The van der Waals surface area contributed by atoms with Crippen molar-refractivity contribution in [3.8, 4) is 5.75 Å². The van der Waals surface area contributed by atoms with Crippen molar-refractivity contribution in [3.05, 3.63) is 53.1 Å². The highest BCUT2D eigenvalue weighted by molar-refractivity contribution is 8.00. The molecule has 0 bridgehead atoms. The van der Waals surface area contributed by atoms with Gasteiger partial charge < -0.3 is 15.8 Å². The van der Waals surface area contributed by atoms with E-state index in [4.69, 9.17) is 15.6 Å². The first-order chi connectivity index (χ1) is 15.9. The molecule has 5 rings (SSSR count). The molecule has 0 saturated carbocycles. The minimum absolute atomic E-state index is 0.134. The highest BCUT2D eigenvalue weighted by atomic mass is 32.2. The molecule has 0 fully saturated rings. The Morgan fingerprint density at radius 3 is 2.91 bits per heavy atom. The summed E-state index contributed by atoms with van der Waals surface area (Å²) in [6.07, 6.45) is 3.86. The lowest BCUT2D eigenvalue weighted by atomic mass is 10.1. The number of hydrogen-bond donors (Lipinski definition) is 2. The number of carbonyl (C=O) groups excluding carboxylic acids is 1. The maximum absolute atomic E-state index is 12.9. The monoisotopic (exact) mass is 462 g/mol. The Morgan fingerprint density at radius 1 is 1.30 bits per heavy atom. The van der Waals surface area contributed by atoms with Crippen LogP contribution in [0, 0.1) is 13.8 Å². The average molecular weight is 463 g/mol. The average Bonchev–Trinajstić information content (AvgIpc) is 3.14. The zero-order valence-corrected chi connectivity index (χ0v) is 19.2. The Balaban J connectivity index is 1.49. The summed E-state index contributed by atoms with van der Waals surface area (Å²) in [5.74, 6) is 1.28. The van der Waals surface area contributed by atoms with Crippen LogP contribution in [-0.2, 0) is 17.8 Å². The largest absolute Gasteiger partial charge is 0.496 e. The van der Waals surface area contributed by atoms with Gasteiger partial charge in [-0.05, 0) is 26.0 Å². The highest BCUT2D eigenvalue weighted by Crippen LogP contribution is 2.39. The van der Waals surface area contributed by atoms with Gasteiger partial charge in [-0.3, -0.25) is 9.78 Å². The van der Waals surface area contributed by atoms with Crippen molar-refractivity contribution in [2.24, 2.45) is 0 Å². The summed E-state index contributed by atoms with van der Waals surface area (Å²) < 4.78 is 7.31. The van der Waals surface area contributed by atoms with E-state index in [1.807, 2.05) is 19.9 Å². The predicted octanol–water partition coefficient (Wildman–Crippen LogP) is 2.53. The van der Waals surface area contributed by atoms with E-state index < -0.39 is 5.25 Å². The number of aryl methyl sites for hydroxylation is 1. The summed E-state index contributed by atoms with van der Waals surface area (Å²) >= 11 is 1.36. The second-order valence-corrected chi connectivity index (χ2v) is 8.94. The summed E-state index contributed by atoms with van der Waals surface area (Å²) in [4.78, 5) is 30.5. The van der Waals surface area contributed by atoms with Gasteiger partial charge in [0, 0.05) is 29.9 Å². The van der Waals surface area contributed by atoms with Crippen LogP contribution in [-0.4, -0.2) is 48.0 Å². The summed E-state index contributed by atoms with van der Waals surface area (Å²) in [5, 5.41) is 8.70. The molecule has 0 spiro atoms. The van der Waals surface area contributed by atoms with Crippen LogP contribution in [0.15, 0.2) is 35.6 Å². The van der Waals surface area contributed by atoms with Crippen LogP contribution in [0.1, 0.15) is 22.5 Å². The normalized spacial score (nSPS) is 14.9. The first kappa shape index (κ1) is 21.1. The molecule has 4 aromatic rings. The molecule has 0 radical (unpaired) electrons. The number of ether oxygens (including phenoxy) is 1. The van der Waals surface area contributed by atoms with Crippen LogP contribution in [0.2, 0.25) is 0 Å². The minimum atomic E-state index is -0.417. The maximum Gasteiger partial charge on any atom is 0.239 e. The number of carbonyl (C=O) groups is 1. The second-order valence-electron chi connectivity index (χ2n) is 7.75. The molecular weight excluding hydrogens is 440 g/mol. The van der Waals surface area contributed by atoms with Crippen molar-refractivity contribution < 1.29 is 9.53 Å². The number of nitrogens with zero attached hydrogens (tertiary/aromatic N) is 6. The Hall–Kier alpha value is -3.73. The van der Waals surface area contributed by atoms with Gasteiger partial charge in [0.1, 0.15) is 16.6 Å². The van der Waals surface area contributed by atoms with Gasteiger partial charge in [-0.2, -0.15) is 10.1 Å². The van der Waals surface area contributed by atoms with Gasteiger partial charge in [-0.1, -0.05) is 17.8 Å². The van der Waals surface area contributed by atoms with Gasteiger partial charge in [0.05, 0.1) is 35.7 Å². The standard InChI is InChI=1S/C22H22N8O2S/c1-11-9-25-14(12(2)18(11)32-3)10-30-19-17-13(29-30)8-15(33-21(17)28-22(23)27-19)20(31)26-16-6-4-5-7-24-16/h4-7,9,15H,8,10H2,1-3H3,(H2,23,27,28)(H,24,26,31). The lowest BCUT2D eigenvalue weighted by molar-refractivity contribution is -0.115. The third-order valence-corrected chi connectivity index (χ3v) is 6.72. The summed E-state index contributed by atoms with van der Waals surface area (Å²) in [6, 6.07) is 5.36. The Morgan fingerprint density at radius 2 is 2.15 bits per heavy atom. The molecule has 10 nitrogen and oxygen atoms in total. The molecule has 1 aliphatic rings. The maximum atomic E-state index is 12.9. The second kappa shape index (κ2) is 8.32. The van der Waals surface area contributed by atoms with E-state index in [-0.39, 0.29) is 11.9 Å². The number of nitrogen functional groups attached to an aromatic ring is 1. The van der Waals surface area contributed by atoms with Gasteiger partial charge in [0.15, 0.2) is 5.65 Å². The lowest BCUT2D eigenvalue weighted by Gasteiger charge is -2.19. The summed E-state index contributed by atoms with van der Waals surface area (Å²) in [5.41, 5.74) is 10.1. The third kappa shape index (κ3) is 3.84. The van der Waals surface area contributed by atoms with E-state index in [0.29, 0.717) is 29.5 Å². The fourth-order valence-electron chi connectivity index (χ4n) is 3.98. The molecule has 168 valence electrons. The number of nitrogens with one attached hydrogen (secondary N) is 1. The van der Waals surface area contributed by atoms with Gasteiger partial charge in [0.25, 0.3) is 0 Å².